The molecule has 0 saturated carbocycles. The molecule has 2 aromatic rings. The number of fused-ring (bicyclic) bond motifs is 1. The van der Waals surface area contributed by atoms with Gasteiger partial charge in [0.15, 0.2) is 5.69 Å². The second-order valence-corrected chi connectivity index (χ2v) is 5.59. The first-order chi connectivity index (χ1) is 10.8. The van der Waals surface area contributed by atoms with E-state index in [1.165, 1.54) is 15.6 Å². The van der Waals surface area contributed by atoms with Crippen LogP contribution >= 0.6 is 0 Å². The Morgan fingerprint density at radius 2 is 2.09 bits per heavy atom. The third-order valence-electron chi connectivity index (χ3n) is 3.81. The molecule has 0 saturated heterocycles. The maximum Gasteiger partial charge on any atom is 0.435 e. The van der Waals surface area contributed by atoms with Gasteiger partial charge in [-0.25, -0.2) is 0 Å². The first kappa shape index (κ1) is 15.6. The Morgan fingerprint density at radius 1 is 1.35 bits per heavy atom. The molecule has 3 rings (SSSR count). The van der Waals surface area contributed by atoms with Crippen LogP contribution in [0.1, 0.15) is 29.8 Å². The lowest BCUT2D eigenvalue weighted by atomic mass is 9.95. The lowest BCUT2D eigenvalue weighted by Gasteiger charge is -2.14. The van der Waals surface area contributed by atoms with E-state index in [1.807, 2.05) is 0 Å². The number of nitrogens with zero attached hydrogens (tertiary/aromatic N) is 4. The minimum Gasteiger partial charge on any atom is -0.322 e. The number of carbonyl (C=O) groups excluding carboxylic acids is 1. The van der Waals surface area contributed by atoms with E-state index in [1.54, 1.807) is 13.2 Å². The van der Waals surface area contributed by atoms with Crippen molar-refractivity contribution in [1.29, 1.82) is 0 Å². The number of aromatic nitrogens is 4. The molecule has 0 bridgehead atoms. The van der Waals surface area contributed by atoms with Crippen molar-refractivity contribution in [3.05, 3.63) is 29.3 Å². The van der Waals surface area contributed by atoms with Gasteiger partial charge >= 0.3 is 6.18 Å². The quantitative estimate of drug-likeness (QED) is 0.939. The van der Waals surface area contributed by atoms with E-state index in [2.05, 4.69) is 15.5 Å². The zero-order valence-corrected chi connectivity index (χ0v) is 12.5. The molecule has 1 N–H and O–H groups in total. The summed E-state index contributed by atoms with van der Waals surface area (Å²) in [5, 5.41) is 10.2. The van der Waals surface area contributed by atoms with Crippen LogP contribution in [-0.4, -0.2) is 25.5 Å². The van der Waals surface area contributed by atoms with Crippen LogP contribution in [0.25, 0.3) is 0 Å². The fourth-order valence-corrected chi connectivity index (χ4v) is 2.85. The molecule has 2 aromatic heterocycles. The van der Waals surface area contributed by atoms with Crippen molar-refractivity contribution in [1.82, 2.24) is 19.6 Å². The largest absolute Gasteiger partial charge is 0.435 e. The van der Waals surface area contributed by atoms with Gasteiger partial charge in [-0.3, -0.25) is 14.2 Å². The molecule has 0 unspecified atom stereocenters. The number of carbonyl (C=O) groups is 1. The minimum atomic E-state index is -4.49. The van der Waals surface area contributed by atoms with Crippen LogP contribution in [0.2, 0.25) is 0 Å². The number of alkyl halides is 3. The van der Waals surface area contributed by atoms with Gasteiger partial charge in [-0.05, 0) is 25.7 Å². The molecule has 23 heavy (non-hydrogen) atoms. The van der Waals surface area contributed by atoms with E-state index < -0.39 is 17.8 Å². The van der Waals surface area contributed by atoms with Crippen molar-refractivity contribution in [2.45, 2.75) is 38.4 Å². The Morgan fingerprint density at radius 3 is 2.74 bits per heavy atom. The highest BCUT2D eigenvalue weighted by molar-refractivity contribution is 5.90. The molecule has 0 atom stereocenters. The summed E-state index contributed by atoms with van der Waals surface area (Å²) in [6, 6.07) is 0. The number of rotatable bonds is 3. The van der Waals surface area contributed by atoms with E-state index in [9.17, 15) is 18.0 Å². The molecule has 124 valence electrons. The summed E-state index contributed by atoms with van der Waals surface area (Å²) in [4.78, 5) is 12.0. The van der Waals surface area contributed by atoms with E-state index >= 15 is 0 Å². The highest BCUT2D eigenvalue weighted by atomic mass is 19.4. The van der Waals surface area contributed by atoms with Gasteiger partial charge in [-0.15, -0.1) is 0 Å². The predicted octanol–water partition coefficient (Wildman–Crippen LogP) is 2.15. The summed E-state index contributed by atoms with van der Waals surface area (Å²) in [5.74, 6) is -0.428. The molecule has 9 heteroatoms. The number of amides is 1. The number of hydrogen-bond donors (Lipinski definition) is 1. The van der Waals surface area contributed by atoms with Gasteiger partial charge in [0.2, 0.25) is 5.91 Å². The highest BCUT2D eigenvalue weighted by Crippen LogP contribution is 2.35. The Labute approximate surface area is 130 Å². The zero-order chi connectivity index (χ0) is 16.6. The summed E-state index contributed by atoms with van der Waals surface area (Å²) in [7, 11) is 1.70. The lowest BCUT2D eigenvalue weighted by molar-refractivity contribution is -0.142. The number of aryl methyl sites for hydroxylation is 1. The van der Waals surface area contributed by atoms with Crippen LogP contribution in [0.5, 0.6) is 0 Å². The van der Waals surface area contributed by atoms with Gasteiger partial charge in [-0.2, -0.15) is 23.4 Å². The Balaban J connectivity index is 1.82. The fraction of sp³-hybridized carbons (Fsp3) is 0.500. The first-order valence-electron chi connectivity index (χ1n) is 7.29. The first-order valence-corrected chi connectivity index (χ1v) is 7.29. The second kappa shape index (κ2) is 5.71. The SMILES string of the molecule is Cn1cc(NC(=O)Cn2nc(C(F)(F)F)c3c2CCCC3)cn1. The van der Waals surface area contributed by atoms with Crippen molar-refractivity contribution in [2.75, 3.05) is 5.32 Å². The smallest absolute Gasteiger partial charge is 0.322 e. The summed E-state index contributed by atoms with van der Waals surface area (Å²) in [6.45, 7) is -0.243. The summed E-state index contributed by atoms with van der Waals surface area (Å²) >= 11 is 0. The second-order valence-electron chi connectivity index (χ2n) is 5.59. The van der Waals surface area contributed by atoms with Gasteiger partial charge in [0.25, 0.3) is 0 Å². The van der Waals surface area contributed by atoms with Crippen molar-refractivity contribution >= 4 is 11.6 Å². The molecule has 0 aromatic carbocycles. The molecule has 1 amide bonds. The van der Waals surface area contributed by atoms with Crippen LogP contribution in [0.15, 0.2) is 12.4 Å². The zero-order valence-electron chi connectivity index (χ0n) is 12.5. The molecule has 6 nitrogen and oxygen atoms in total. The third-order valence-corrected chi connectivity index (χ3v) is 3.81. The van der Waals surface area contributed by atoms with E-state index in [0.29, 0.717) is 30.6 Å². The van der Waals surface area contributed by atoms with E-state index in [4.69, 9.17) is 0 Å². The van der Waals surface area contributed by atoms with Crippen LogP contribution in [0.3, 0.4) is 0 Å². The molecular weight excluding hydrogens is 311 g/mol. The number of halogens is 3. The average Bonchev–Trinajstić information content (AvgIpc) is 3.03. The van der Waals surface area contributed by atoms with Crippen molar-refractivity contribution in [2.24, 2.45) is 7.05 Å². The van der Waals surface area contributed by atoms with Crippen LogP contribution in [0.4, 0.5) is 18.9 Å². The topological polar surface area (TPSA) is 64.7 Å². The predicted molar refractivity (Wildman–Crippen MR) is 75.7 cm³/mol. The molecule has 0 radical (unpaired) electrons. The van der Waals surface area contributed by atoms with Gasteiger partial charge < -0.3 is 5.32 Å². The van der Waals surface area contributed by atoms with Gasteiger partial charge in [0.1, 0.15) is 6.54 Å². The Kier molecular flexibility index (Phi) is 3.87. The molecule has 0 aliphatic heterocycles. The summed E-state index contributed by atoms with van der Waals surface area (Å²) in [6.07, 6.45) is 0.971. The maximum absolute atomic E-state index is 13.1. The Bertz CT molecular complexity index is 731. The lowest BCUT2D eigenvalue weighted by Crippen LogP contribution is -2.21. The van der Waals surface area contributed by atoms with Crippen LogP contribution in [-0.2, 0) is 37.4 Å². The van der Waals surface area contributed by atoms with Crippen LogP contribution < -0.4 is 5.32 Å². The van der Waals surface area contributed by atoms with Gasteiger partial charge in [0.05, 0.1) is 11.9 Å². The fourth-order valence-electron chi connectivity index (χ4n) is 2.85. The molecule has 1 aliphatic rings. The average molecular weight is 327 g/mol. The third kappa shape index (κ3) is 3.22. The molecule has 1 aliphatic carbocycles. The molecule has 2 heterocycles. The highest BCUT2D eigenvalue weighted by Gasteiger charge is 2.39. The molecular formula is C14H16F3N5O. The van der Waals surface area contributed by atoms with Crippen molar-refractivity contribution < 1.29 is 18.0 Å². The standard InChI is InChI=1S/C14H16F3N5O/c1-21-7-9(6-18-21)19-12(23)8-22-11-5-3-2-4-10(11)13(20-22)14(15,16)17/h6-7H,2-5,8H2,1H3,(H,19,23). The Hall–Kier alpha value is -2.32. The van der Waals surface area contributed by atoms with Crippen molar-refractivity contribution in [3.8, 4) is 0 Å². The summed E-state index contributed by atoms with van der Waals surface area (Å²) < 4.78 is 42.0. The molecule has 0 fully saturated rings. The number of anilines is 1. The minimum absolute atomic E-state index is 0.234. The number of nitrogens with one attached hydrogen (secondary N) is 1. The van der Waals surface area contributed by atoms with E-state index in [-0.39, 0.29) is 12.1 Å². The summed E-state index contributed by atoms with van der Waals surface area (Å²) in [5.41, 5.74) is 0.388. The maximum atomic E-state index is 13.1. The van der Waals surface area contributed by atoms with E-state index in [0.717, 1.165) is 6.42 Å². The van der Waals surface area contributed by atoms with Gasteiger partial charge in [0, 0.05) is 24.5 Å². The normalized spacial score (nSPS) is 14.6. The van der Waals surface area contributed by atoms with Gasteiger partial charge in [-0.1, -0.05) is 0 Å². The monoisotopic (exact) mass is 327 g/mol. The van der Waals surface area contributed by atoms with Crippen molar-refractivity contribution in [3.63, 3.8) is 0 Å². The number of hydrogen-bond acceptors (Lipinski definition) is 3. The molecule has 0 spiro atoms. The van der Waals surface area contributed by atoms with Crippen LogP contribution in [0, 0.1) is 0 Å².